The topological polar surface area (TPSA) is 38.7 Å². The molecule has 0 aliphatic carbocycles. The van der Waals surface area contributed by atoms with Gasteiger partial charge in [-0.1, -0.05) is 0 Å². The van der Waals surface area contributed by atoms with E-state index >= 15 is 0 Å². The molecule has 0 radical (unpaired) electrons. The van der Waals surface area contributed by atoms with E-state index in [0.717, 1.165) is 56.7 Å². The number of anilines is 3. The smallest absolute Gasteiger partial charge is 0.226 e. The Labute approximate surface area is 153 Å². The van der Waals surface area contributed by atoms with Crippen LogP contribution in [0.1, 0.15) is 0 Å². The number of halogens is 1. The van der Waals surface area contributed by atoms with Crippen LogP contribution in [-0.4, -0.2) is 74.3 Å². The normalized spacial score (nSPS) is 18.7. The number of hydrogen-bond donors (Lipinski definition) is 0. The summed E-state index contributed by atoms with van der Waals surface area (Å²) in [6, 6.07) is 9.38. The molecule has 2 aliphatic heterocycles. The Morgan fingerprint density at radius 3 is 2.31 bits per heavy atom. The van der Waals surface area contributed by atoms with E-state index in [-0.39, 0.29) is 5.82 Å². The summed E-state index contributed by atoms with van der Waals surface area (Å²) in [6.07, 6.45) is 1.83. The Balaban J connectivity index is 1.29. The standard InChI is InChI=1S/C19H25FN6/c1-23(2)19-21-8-7-18(22-19)26-13-17(14-26)25-11-9-24(10-12-25)16-5-3-15(20)4-6-16/h3-8,17H,9-14H2,1-2H3. The van der Waals surface area contributed by atoms with Gasteiger partial charge < -0.3 is 14.7 Å². The number of hydrogen-bond acceptors (Lipinski definition) is 6. The van der Waals surface area contributed by atoms with E-state index in [2.05, 4.69) is 24.7 Å². The van der Waals surface area contributed by atoms with Crippen LogP contribution in [0, 0.1) is 5.82 Å². The summed E-state index contributed by atoms with van der Waals surface area (Å²) < 4.78 is 13.1. The van der Waals surface area contributed by atoms with Gasteiger partial charge in [0.15, 0.2) is 0 Å². The molecule has 1 aromatic carbocycles. The van der Waals surface area contributed by atoms with E-state index in [1.165, 1.54) is 12.1 Å². The predicted octanol–water partition coefficient (Wildman–Crippen LogP) is 1.69. The van der Waals surface area contributed by atoms with Gasteiger partial charge >= 0.3 is 0 Å². The number of nitrogens with zero attached hydrogens (tertiary/aromatic N) is 6. The molecule has 2 fully saturated rings. The second-order valence-corrected chi connectivity index (χ2v) is 7.17. The van der Waals surface area contributed by atoms with Gasteiger partial charge in [0.2, 0.25) is 5.95 Å². The highest BCUT2D eigenvalue weighted by Crippen LogP contribution is 2.25. The lowest BCUT2D eigenvalue weighted by atomic mass is 10.1. The van der Waals surface area contributed by atoms with E-state index in [0.29, 0.717) is 6.04 Å². The van der Waals surface area contributed by atoms with Crippen molar-refractivity contribution >= 4 is 17.5 Å². The molecule has 6 nitrogen and oxygen atoms in total. The van der Waals surface area contributed by atoms with Crippen molar-refractivity contribution in [2.45, 2.75) is 6.04 Å². The first-order valence-corrected chi connectivity index (χ1v) is 9.10. The van der Waals surface area contributed by atoms with Gasteiger partial charge in [-0.3, -0.25) is 4.90 Å². The van der Waals surface area contributed by atoms with Gasteiger partial charge in [0, 0.05) is 71.3 Å². The average Bonchev–Trinajstić information content (AvgIpc) is 2.62. The highest BCUT2D eigenvalue weighted by molar-refractivity contribution is 5.48. The summed E-state index contributed by atoms with van der Waals surface area (Å²) in [5, 5.41) is 0. The van der Waals surface area contributed by atoms with Crippen LogP contribution in [0.5, 0.6) is 0 Å². The minimum absolute atomic E-state index is 0.177. The molecule has 7 heteroatoms. The molecule has 2 saturated heterocycles. The largest absolute Gasteiger partial charge is 0.369 e. The highest BCUT2D eigenvalue weighted by atomic mass is 19.1. The molecule has 2 aliphatic rings. The van der Waals surface area contributed by atoms with Crippen molar-refractivity contribution in [3.05, 3.63) is 42.3 Å². The third kappa shape index (κ3) is 3.44. The Morgan fingerprint density at radius 1 is 0.962 bits per heavy atom. The quantitative estimate of drug-likeness (QED) is 0.830. The van der Waals surface area contributed by atoms with E-state index in [1.54, 1.807) is 0 Å². The summed E-state index contributed by atoms with van der Waals surface area (Å²) in [7, 11) is 3.91. The SMILES string of the molecule is CN(C)c1nccc(N2CC(N3CCN(c4ccc(F)cc4)CC3)C2)n1. The third-order valence-electron chi connectivity index (χ3n) is 5.24. The molecule has 138 valence electrons. The zero-order valence-corrected chi connectivity index (χ0v) is 15.3. The van der Waals surface area contributed by atoms with E-state index in [4.69, 9.17) is 0 Å². The van der Waals surface area contributed by atoms with Crippen LogP contribution in [-0.2, 0) is 0 Å². The summed E-state index contributed by atoms with van der Waals surface area (Å²) in [5.41, 5.74) is 1.11. The number of aromatic nitrogens is 2. The second kappa shape index (κ2) is 7.07. The number of piperazine rings is 1. The number of benzene rings is 1. The van der Waals surface area contributed by atoms with Crippen LogP contribution >= 0.6 is 0 Å². The molecule has 4 rings (SSSR count). The number of rotatable bonds is 4. The van der Waals surface area contributed by atoms with Gasteiger partial charge in [0.25, 0.3) is 0 Å². The highest BCUT2D eigenvalue weighted by Gasteiger charge is 2.34. The van der Waals surface area contributed by atoms with E-state index in [9.17, 15) is 4.39 Å². The van der Waals surface area contributed by atoms with Crippen molar-refractivity contribution in [1.29, 1.82) is 0 Å². The maximum atomic E-state index is 13.1. The summed E-state index contributed by atoms with van der Waals surface area (Å²) >= 11 is 0. The van der Waals surface area contributed by atoms with Crippen LogP contribution in [0.4, 0.5) is 21.8 Å². The molecular formula is C19H25FN6. The van der Waals surface area contributed by atoms with Crippen molar-refractivity contribution < 1.29 is 4.39 Å². The van der Waals surface area contributed by atoms with Crippen molar-refractivity contribution in [2.75, 3.05) is 68.1 Å². The maximum Gasteiger partial charge on any atom is 0.226 e. The van der Waals surface area contributed by atoms with Crippen LogP contribution < -0.4 is 14.7 Å². The lowest BCUT2D eigenvalue weighted by Crippen LogP contribution is -2.63. The van der Waals surface area contributed by atoms with E-state index < -0.39 is 0 Å². The zero-order chi connectivity index (χ0) is 18.1. The van der Waals surface area contributed by atoms with Gasteiger partial charge in [-0.25, -0.2) is 9.37 Å². The molecule has 2 aromatic rings. The molecule has 1 aromatic heterocycles. The Kier molecular flexibility index (Phi) is 4.63. The zero-order valence-electron chi connectivity index (χ0n) is 15.3. The van der Waals surface area contributed by atoms with Crippen LogP contribution in [0.15, 0.2) is 36.5 Å². The fourth-order valence-corrected chi connectivity index (χ4v) is 3.60. The van der Waals surface area contributed by atoms with Crippen molar-refractivity contribution in [1.82, 2.24) is 14.9 Å². The molecule has 0 atom stereocenters. The molecule has 0 amide bonds. The lowest BCUT2D eigenvalue weighted by Gasteiger charge is -2.49. The Hall–Kier alpha value is -2.41. The molecule has 26 heavy (non-hydrogen) atoms. The Bertz CT molecular complexity index is 736. The minimum atomic E-state index is -0.177. The third-order valence-corrected chi connectivity index (χ3v) is 5.24. The minimum Gasteiger partial charge on any atom is -0.369 e. The fourth-order valence-electron chi connectivity index (χ4n) is 3.60. The molecular weight excluding hydrogens is 331 g/mol. The molecule has 0 saturated carbocycles. The maximum absolute atomic E-state index is 13.1. The van der Waals surface area contributed by atoms with Crippen molar-refractivity contribution in [3.8, 4) is 0 Å². The van der Waals surface area contributed by atoms with Crippen molar-refractivity contribution in [3.63, 3.8) is 0 Å². The molecule has 0 spiro atoms. The van der Waals surface area contributed by atoms with Crippen LogP contribution in [0.3, 0.4) is 0 Å². The molecule has 0 N–H and O–H groups in total. The molecule has 3 heterocycles. The first-order chi connectivity index (χ1) is 12.6. The predicted molar refractivity (Wildman–Crippen MR) is 103 cm³/mol. The first-order valence-electron chi connectivity index (χ1n) is 9.10. The van der Waals surface area contributed by atoms with Crippen molar-refractivity contribution in [2.24, 2.45) is 0 Å². The van der Waals surface area contributed by atoms with Gasteiger partial charge in [-0.05, 0) is 30.3 Å². The summed E-state index contributed by atoms with van der Waals surface area (Å²) in [5.74, 6) is 1.58. The van der Waals surface area contributed by atoms with E-state index in [1.807, 2.05) is 43.4 Å². The summed E-state index contributed by atoms with van der Waals surface area (Å²) in [4.78, 5) is 18.0. The van der Waals surface area contributed by atoms with Gasteiger partial charge in [0.1, 0.15) is 11.6 Å². The molecule has 0 unspecified atom stereocenters. The van der Waals surface area contributed by atoms with Gasteiger partial charge in [-0.2, -0.15) is 4.98 Å². The fraction of sp³-hybridized carbons (Fsp3) is 0.474. The van der Waals surface area contributed by atoms with Crippen LogP contribution in [0.25, 0.3) is 0 Å². The second-order valence-electron chi connectivity index (χ2n) is 7.17. The molecule has 0 bridgehead atoms. The first kappa shape index (κ1) is 17.0. The van der Waals surface area contributed by atoms with Gasteiger partial charge in [0.05, 0.1) is 0 Å². The average molecular weight is 356 g/mol. The van der Waals surface area contributed by atoms with Gasteiger partial charge in [-0.15, -0.1) is 0 Å². The van der Waals surface area contributed by atoms with Crippen LogP contribution in [0.2, 0.25) is 0 Å². The monoisotopic (exact) mass is 356 g/mol. The Morgan fingerprint density at radius 2 is 1.65 bits per heavy atom. The summed E-state index contributed by atoms with van der Waals surface area (Å²) in [6.45, 7) is 6.09. The lowest BCUT2D eigenvalue weighted by molar-refractivity contribution is 0.157.